The standard InChI is InChI=1S/4C15H12F2.C15H13F.C14H9F3.3C14H10F2/c1-11-2-9-15(17)13(10-11)6-3-12-4-7-14(16)8-5-12;1-11-5-8-15(17)13(9-11)7-6-12-3-2-4-14(16)10-12;1-11-5-6-13(10-15(11)17)8-7-12-3-2-4-14(16)9-12;1-11-6-9-15(17)13(10-11)8-7-12-4-2-3-5-14(12)16;1-12-5-7-13(8-6-12)9-10-14-3-2-4-15(16)11-14;15-12-5-2-1-4-10(12)8-9-11-13(16)6-3-7-14(11)17;15-13-5-1-3-11(9-13)7-8-12-4-2-6-14(16)10-12;15-13-7-3-1-5-11(13)9-10-12-6-2-4-8-14(12)16;15-13-9-6-11(7-10-13)5-8-12-3-1-2-4-14(12)16/h4*2-10H,1H3;2-11H,1H3;1-9H;3*1-10H/b6-3+;7-6+;2*8-7+;10-9+;9-8+;8-7+;10-9+;8-5+. The third kappa shape index (κ3) is 41.2. The Hall–Kier alpha value is -17.6. The molecule has 0 atom stereocenters. The number of hydrogen-bond donors (Lipinski definition) is 0. The van der Waals surface area contributed by atoms with E-state index in [1.54, 1.807) is 298 Å². The summed E-state index contributed by atoms with van der Waals surface area (Å²) >= 11 is 0. The summed E-state index contributed by atoms with van der Waals surface area (Å²) < 4.78 is 236. The van der Waals surface area contributed by atoms with Crippen LogP contribution in [0.5, 0.6) is 0 Å². The summed E-state index contributed by atoms with van der Waals surface area (Å²) in [5.74, 6) is -5.90. The highest BCUT2D eigenvalue weighted by Crippen LogP contribution is 2.25. The highest BCUT2D eigenvalue weighted by atomic mass is 19.2. The average molecular weight is 2020 g/mol. The van der Waals surface area contributed by atoms with E-state index in [0.717, 1.165) is 73.3 Å². The van der Waals surface area contributed by atoms with Crippen molar-refractivity contribution in [1.82, 2.24) is 0 Å². The first-order chi connectivity index (χ1) is 71.8. The maximum absolute atomic E-state index is 13.4. The summed E-state index contributed by atoms with van der Waals surface area (Å²) in [4.78, 5) is 0. The second-order valence-electron chi connectivity index (χ2n) is 33.1. The van der Waals surface area contributed by atoms with Gasteiger partial charge in [-0.25, -0.2) is 79.0 Å². The van der Waals surface area contributed by atoms with Crippen molar-refractivity contribution < 1.29 is 79.0 Å². The lowest BCUT2D eigenvalue weighted by Crippen LogP contribution is -1.87. The van der Waals surface area contributed by atoms with Gasteiger partial charge in [0, 0.05) is 50.1 Å². The van der Waals surface area contributed by atoms with Gasteiger partial charge in [-0.15, -0.1) is 0 Å². The summed E-state index contributed by atoms with van der Waals surface area (Å²) in [7, 11) is 0. The van der Waals surface area contributed by atoms with E-state index in [1.807, 2.05) is 57.2 Å². The second kappa shape index (κ2) is 60.2. The molecule has 0 aliphatic heterocycles. The van der Waals surface area contributed by atoms with Gasteiger partial charge in [0.15, 0.2) is 0 Å². The second-order valence-corrected chi connectivity index (χ2v) is 33.1. The summed E-state index contributed by atoms with van der Waals surface area (Å²) in [6.45, 7) is 9.48. The van der Waals surface area contributed by atoms with E-state index in [2.05, 4.69) is 19.1 Å². The normalized spacial score (nSPS) is 10.9. The van der Waals surface area contributed by atoms with Crippen LogP contribution in [0, 0.1) is 139 Å². The van der Waals surface area contributed by atoms with Crippen LogP contribution >= 0.6 is 0 Å². The van der Waals surface area contributed by atoms with Crippen LogP contribution in [0.3, 0.4) is 0 Å². The van der Waals surface area contributed by atoms with Crippen molar-refractivity contribution in [2.45, 2.75) is 34.6 Å². The number of aryl methyl sites for hydroxylation is 5. The lowest BCUT2D eigenvalue weighted by Gasteiger charge is -1.99. The zero-order valence-corrected chi connectivity index (χ0v) is 81.4. The number of hydrogen-bond acceptors (Lipinski definition) is 0. The van der Waals surface area contributed by atoms with Crippen molar-refractivity contribution in [3.8, 4) is 0 Å². The van der Waals surface area contributed by atoms with Crippen molar-refractivity contribution in [3.05, 3.63) is 639 Å². The van der Waals surface area contributed by atoms with Crippen LogP contribution in [0.1, 0.15) is 128 Å². The molecule has 0 amide bonds. The number of rotatable bonds is 18. The van der Waals surface area contributed by atoms with Crippen LogP contribution in [-0.4, -0.2) is 0 Å². The number of halogens is 18. The molecule has 0 saturated carbocycles. The molecular formula is C131H100F18. The average Bonchev–Trinajstić information content (AvgIpc) is 0.883. The fourth-order valence-corrected chi connectivity index (χ4v) is 13.4. The first kappa shape index (κ1) is 113. The molecule has 750 valence electrons. The maximum atomic E-state index is 13.4. The molecule has 0 spiro atoms. The molecule has 0 fully saturated rings. The van der Waals surface area contributed by atoms with Crippen molar-refractivity contribution in [2.24, 2.45) is 0 Å². The van der Waals surface area contributed by atoms with Crippen LogP contribution < -0.4 is 0 Å². The molecule has 0 N–H and O–H groups in total. The molecule has 0 radical (unpaired) electrons. The van der Waals surface area contributed by atoms with Gasteiger partial charge in [-0.3, -0.25) is 0 Å². The Morgan fingerprint density at radius 1 is 0.121 bits per heavy atom. The third-order valence-corrected chi connectivity index (χ3v) is 21.3. The van der Waals surface area contributed by atoms with Gasteiger partial charge in [-0.05, 0) is 266 Å². The van der Waals surface area contributed by atoms with Gasteiger partial charge in [0.25, 0.3) is 0 Å². The van der Waals surface area contributed by atoms with Crippen molar-refractivity contribution in [3.63, 3.8) is 0 Å². The van der Waals surface area contributed by atoms with E-state index < -0.39 is 17.5 Å². The molecule has 18 heteroatoms. The molecule has 0 aromatic heterocycles. The fraction of sp³-hybridized carbons (Fsp3) is 0.0382. The zero-order chi connectivity index (χ0) is 107. The molecule has 0 aliphatic carbocycles. The Balaban J connectivity index is 0.000000171. The van der Waals surface area contributed by atoms with Gasteiger partial charge in [-0.1, -0.05) is 362 Å². The van der Waals surface area contributed by atoms with Gasteiger partial charge in [-0.2, -0.15) is 0 Å². The minimum atomic E-state index is -0.669. The number of benzene rings is 18. The van der Waals surface area contributed by atoms with Gasteiger partial charge >= 0.3 is 0 Å². The van der Waals surface area contributed by atoms with Gasteiger partial charge in [0.05, 0.1) is 0 Å². The summed E-state index contributed by atoms with van der Waals surface area (Å²) in [6.07, 6.45) is 30.0. The quantitative estimate of drug-likeness (QED) is 0.0593. The zero-order valence-electron chi connectivity index (χ0n) is 81.4. The molecule has 0 unspecified atom stereocenters. The SMILES string of the molecule is Cc1ccc(/C=C/c2cccc(F)c2)cc1.Cc1ccc(/C=C/c2cccc(F)c2)cc1F.Cc1ccc(F)c(/C=C/c2ccc(F)cc2)c1.Cc1ccc(F)c(/C=C/c2cccc(F)c2)c1.Cc1ccc(F)c(/C=C/c2ccccc2F)c1.Fc1ccc(/C=C/c2ccccc2F)cc1.Fc1cccc(/C=C/c2cccc(F)c2)c1.Fc1ccccc1/C=C/c1c(F)cccc1F.Fc1ccccc1/C=C/c1ccccc1F. The first-order valence-corrected chi connectivity index (χ1v) is 46.5. The van der Waals surface area contributed by atoms with Crippen LogP contribution in [0.25, 0.3) is 109 Å². The third-order valence-electron chi connectivity index (χ3n) is 21.3. The predicted octanol–water partition coefficient (Wildman–Crippen LogP) is 38.8. The van der Waals surface area contributed by atoms with Crippen LogP contribution in [-0.2, 0) is 0 Å². The highest BCUT2D eigenvalue weighted by Gasteiger charge is 2.10. The van der Waals surface area contributed by atoms with E-state index in [9.17, 15) is 79.0 Å². The van der Waals surface area contributed by atoms with Crippen molar-refractivity contribution in [1.29, 1.82) is 0 Å². The molecule has 0 bridgehead atoms. The van der Waals surface area contributed by atoms with Crippen LogP contribution in [0.15, 0.2) is 406 Å². The molecule has 0 saturated heterocycles. The van der Waals surface area contributed by atoms with E-state index in [-0.39, 0.29) is 98.4 Å². The topological polar surface area (TPSA) is 0 Å². The molecular weight excluding hydrogens is 1920 g/mol. The first-order valence-electron chi connectivity index (χ1n) is 46.5. The van der Waals surface area contributed by atoms with E-state index in [1.165, 1.54) is 169 Å². The molecule has 0 aliphatic rings. The lowest BCUT2D eigenvalue weighted by molar-refractivity contribution is 0.578. The monoisotopic (exact) mass is 2010 g/mol. The van der Waals surface area contributed by atoms with E-state index >= 15 is 0 Å². The van der Waals surface area contributed by atoms with Gasteiger partial charge in [0.1, 0.15) is 105 Å². The van der Waals surface area contributed by atoms with Crippen LogP contribution in [0.4, 0.5) is 79.0 Å². The van der Waals surface area contributed by atoms with Gasteiger partial charge in [0.2, 0.25) is 0 Å². The Morgan fingerprint density at radius 3 is 0.604 bits per heavy atom. The van der Waals surface area contributed by atoms with E-state index in [0.29, 0.717) is 50.1 Å². The van der Waals surface area contributed by atoms with Crippen LogP contribution in [0.2, 0.25) is 0 Å². The molecule has 149 heavy (non-hydrogen) atoms. The fourth-order valence-electron chi connectivity index (χ4n) is 13.4. The molecule has 18 aromatic rings. The highest BCUT2D eigenvalue weighted by molar-refractivity contribution is 5.77. The van der Waals surface area contributed by atoms with Crippen molar-refractivity contribution >= 4 is 109 Å². The predicted molar refractivity (Wildman–Crippen MR) is 579 cm³/mol. The summed E-state index contributed by atoms with van der Waals surface area (Å²) in [6, 6.07) is 107. The minimum Gasteiger partial charge on any atom is -0.207 e. The smallest absolute Gasteiger partial charge is 0.133 e. The minimum absolute atomic E-state index is 0.171. The molecule has 0 nitrogen and oxygen atoms in total. The van der Waals surface area contributed by atoms with E-state index in [4.69, 9.17) is 0 Å². The van der Waals surface area contributed by atoms with Crippen molar-refractivity contribution in [2.75, 3.05) is 0 Å². The Morgan fingerprint density at radius 2 is 0.322 bits per heavy atom. The van der Waals surface area contributed by atoms with Gasteiger partial charge < -0.3 is 0 Å². The largest absolute Gasteiger partial charge is 0.207 e. The Labute approximate surface area is 857 Å². The molecule has 18 aromatic carbocycles. The Bertz CT molecular complexity index is 7540. The molecule has 18 rings (SSSR count). The summed E-state index contributed by atoms with van der Waals surface area (Å²) in [5, 5.41) is 0. The summed E-state index contributed by atoms with van der Waals surface area (Å²) in [5.41, 5.74) is 15.7. The molecule has 0 heterocycles. The Kier molecular flexibility index (Phi) is 45.8. The maximum Gasteiger partial charge on any atom is 0.133 e. The lowest BCUT2D eigenvalue weighted by atomic mass is 10.1.